The van der Waals surface area contributed by atoms with Crippen LogP contribution in [0.25, 0.3) is 0 Å². The highest BCUT2D eigenvalue weighted by Gasteiger charge is 2.02. The number of hydrogen-bond acceptors (Lipinski definition) is 2. The first-order chi connectivity index (χ1) is 5.15. The van der Waals surface area contributed by atoms with Crippen molar-refractivity contribution in [3.63, 3.8) is 0 Å². The van der Waals surface area contributed by atoms with E-state index >= 15 is 0 Å². The Balaban J connectivity index is 3.32. The molecule has 0 spiro atoms. The predicted molar refractivity (Wildman–Crippen MR) is 43.0 cm³/mol. The molecule has 1 heterocycles. The largest absolute Gasteiger partial charge is 0.503 e. The zero-order chi connectivity index (χ0) is 8.43. The van der Waals surface area contributed by atoms with Crippen LogP contribution in [0.1, 0.15) is 11.3 Å². The fourth-order valence-corrected chi connectivity index (χ4v) is 0.966. The standard InChI is InChI=1S/C7H8ClNO2/c1-4-2-5(3-8)9-7(11)6(4)10/h2,10H,3H2,1H3,(H,9,11). The molecule has 0 aliphatic heterocycles. The molecule has 0 aliphatic rings. The second kappa shape index (κ2) is 2.96. The number of aryl methyl sites for hydroxylation is 1. The number of pyridine rings is 1. The Morgan fingerprint density at radius 1 is 1.73 bits per heavy atom. The quantitative estimate of drug-likeness (QED) is 0.626. The number of nitrogens with one attached hydrogen (secondary N) is 1. The van der Waals surface area contributed by atoms with Crippen LogP contribution in [0, 0.1) is 6.92 Å². The van der Waals surface area contributed by atoms with Crippen molar-refractivity contribution < 1.29 is 5.11 Å². The number of H-pyrrole nitrogens is 1. The van der Waals surface area contributed by atoms with Crippen molar-refractivity contribution in [1.29, 1.82) is 0 Å². The first-order valence-corrected chi connectivity index (χ1v) is 3.66. The van der Waals surface area contributed by atoms with E-state index in [0.29, 0.717) is 11.3 Å². The Morgan fingerprint density at radius 2 is 2.36 bits per heavy atom. The summed E-state index contributed by atoms with van der Waals surface area (Å²) in [7, 11) is 0. The van der Waals surface area contributed by atoms with Crippen molar-refractivity contribution in [2.75, 3.05) is 0 Å². The van der Waals surface area contributed by atoms with Gasteiger partial charge in [-0.3, -0.25) is 4.79 Å². The van der Waals surface area contributed by atoms with E-state index in [1.54, 1.807) is 13.0 Å². The van der Waals surface area contributed by atoms with Crippen molar-refractivity contribution in [2.24, 2.45) is 0 Å². The minimum absolute atomic E-state index is 0.237. The summed E-state index contributed by atoms with van der Waals surface area (Å²) in [6.07, 6.45) is 0. The number of alkyl halides is 1. The van der Waals surface area contributed by atoms with Gasteiger partial charge in [0.25, 0.3) is 5.56 Å². The third-order valence-electron chi connectivity index (χ3n) is 1.40. The summed E-state index contributed by atoms with van der Waals surface area (Å²) in [5, 5.41) is 9.04. The van der Waals surface area contributed by atoms with Crippen LogP contribution in [-0.4, -0.2) is 10.1 Å². The Hall–Kier alpha value is -0.960. The topological polar surface area (TPSA) is 53.1 Å². The fourth-order valence-electron chi connectivity index (χ4n) is 0.822. The van der Waals surface area contributed by atoms with Gasteiger partial charge >= 0.3 is 0 Å². The highest BCUT2D eigenvalue weighted by Crippen LogP contribution is 2.10. The monoisotopic (exact) mass is 173 g/mol. The van der Waals surface area contributed by atoms with Gasteiger partial charge in [-0.05, 0) is 18.6 Å². The zero-order valence-corrected chi connectivity index (χ0v) is 6.77. The normalized spacial score (nSPS) is 10.0. The van der Waals surface area contributed by atoms with Gasteiger partial charge in [0.1, 0.15) is 0 Å². The maximum Gasteiger partial charge on any atom is 0.290 e. The molecule has 0 amide bonds. The van der Waals surface area contributed by atoms with Crippen LogP contribution in [-0.2, 0) is 5.88 Å². The molecule has 0 fully saturated rings. The number of aromatic amines is 1. The molecule has 1 aromatic heterocycles. The van der Waals surface area contributed by atoms with Gasteiger partial charge in [0.2, 0.25) is 0 Å². The second-order valence-electron chi connectivity index (χ2n) is 2.29. The lowest BCUT2D eigenvalue weighted by molar-refractivity contribution is 0.461. The van der Waals surface area contributed by atoms with Crippen LogP contribution in [0.4, 0.5) is 0 Å². The van der Waals surface area contributed by atoms with Crippen LogP contribution < -0.4 is 5.56 Å². The first-order valence-electron chi connectivity index (χ1n) is 3.13. The summed E-state index contributed by atoms with van der Waals surface area (Å²) < 4.78 is 0. The predicted octanol–water partition coefficient (Wildman–Crippen LogP) is 1.13. The molecule has 60 valence electrons. The van der Waals surface area contributed by atoms with Crippen LogP contribution in [0.2, 0.25) is 0 Å². The van der Waals surface area contributed by atoms with Gasteiger partial charge in [-0.15, -0.1) is 11.6 Å². The number of hydrogen-bond donors (Lipinski definition) is 2. The first kappa shape index (κ1) is 8.14. The van der Waals surface area contributed by atoms with Gasteiger partial charge in [0, 0.05) is 5.69 Å². The lowest BCUT2D eigenvalue weighted by atomic mass is 10.2. The van der Waals surface area contributed by atoms with Crippen molar-refractivity contribution in [3.8, 4) is 5.75 Å². The molecule has 2 N–H and O–H groups in total. The van der Waals surface area contributed by atoms with E-state index < -0.39 is 5.56 Å². The third kappa shape index (κ3) is 1.54. The summed E-state index contributed by atoms with van der Waals surface area (Å²) in [5.74, 6) is 0.00923. The second-order valence-corrected chi connectivity index (χ2v) is 2.56. The van der Waals surface area contributed by atoms with Gasteiger partial charge in [0.15, 0.2) is 5.75 Å². The van der Waals surface area contributed by atoms with Gasteiger partial charge in [-0.2, -0.15) is 0 Å². The minimum atomic E-state index is -0.486. The van der Waals surface area contributed by atoms with E-state index in [9.17, 15) is 4.79 Å². The SMILES string of the molecule is Cc1cc(CCl)[nH]c(=O)c1O. The van der Waals surface area contributed by atoms with Crippen LogP contribution >= 0.6 is 11.6 Å². The molecule has 0 saturated heterocycles. The van der Waals surface area contributed by atoms with Crippen molar-refractivity contribution in [2.45, 2.75) is 12.8 Å². The molecule has 0 bridgehead atoms. The van der Waals surface area contributed by atoms with Gasteiger partial charge < -0.3 is 10.1 Å². The highest BCUT2D eigenvalue weighted by molar-refractivity contribution is 6.16. The summed E-state index contributed by atoms with van der Waals surface area (Å²) in [4.78, 5) is 13.3. The Morgan fingerprint density at radius 3 is 2.82 bits per heavy atom. The van der Waals surface area contributed by atoms with Crippen LogP contribution in [0.15, 0.2) is 10.9 Å². The van der Waals surface area contributed by atoms with Gasteiger partial charge in [-0.25, -0.2) is 0 Å². The smallest absolute Gasteiger partial charge is 0.290 e. The number of halogens is 1. The molecule has 0 unspecified atom stereocenters. The van der Waals surface area contributed by atoms with Gasteiger partial charge in [-0.1, -0.05) is 0 Å². The zero-order valence-electron chi connectivity index (χ0n) is 6.02. The summed E-state index contributed by atoms with van der Waals surface area (Å²) in [5.41, 5.74) is 0.678. The molecule has 1 rings (SSSR count). The average Bonchev–Trinajstić information content (AvgIpc) is 1.99. The van der Waals surface area contributed by atoms with Crippen LogP contribution in [0.3, 0.4) is 0 Å². The molecule has 3 nitrogen and oxygen atoms in total. The van der Waals surface area contributed by atoms with E-state index in [1.165, 1.54) is 0 Å². The molecule has 0 saturated carbocycles. The maximum atomic E-state index is 10.9. The number of aromatic hydroxyl groups is 1. The van der Waals surface area contributed by atoms with Crippen molar-refractivity contribution in [3.05, 3.63) is 27.7 Å². The third-order valence-corrected chi connectivity index (χ3v) is 1.69. The minimum Gasteiger partial charge on any atom is -0.503 e. The molecule has 0 radical (unpaired) electrons. The average molecular weight is 174 g/mol. The maximum absolute atomic E-state index is 10.9. The fraction of sp³-hybridized carbons (Fsp3) is 0.286. The number of aromatic nitrogens is 1. The lowest BCUT2D eigenvalue weighted by Crippen LogP contribution is -2.08. The Kier molecular flexibility index (Phi) is 2.19. The summed E-state index contributed by atoms with van der Waals surface area (Å²) >= 11 is 5.47. The van der Waals surface area contributed by atoms with E-state index in [2.05, 4.69) is 4.98 Å². The molecule has 11 heavy (non-hydrogen) atoms. The van der Waals surface area contributed by atoms with Crippen molar-refractivity contribution >= 4 is 11.6 Å². The lowest BCUT2D eigenvalue weighted by Gasteiger charge is -1.99. The van der Waals surface area contributed by atoms with E-state index in [0.717, 1.165) is 0 Å². The molecule has 0 aliphatic carbocycles. The van der Waals surface area contributed by atoms with E-state index in [4.69, 9.17) is 16.7 Å². The van der Waals surface area contributed by atoms with E-state index in [1.807, 2.05) is 0 Å². The highest BCUT2D eigenvalue weighted by atomic mass is 35.5. The molecular weight excluding hydrogens is 166 g/mol. The molecule has 4 heteroatoms. The Labute approximate surface area is 68.6 Å². The summed E-state index contributed by atoms with van der Waals surface area (Å²) in [6, 6.07) is 1.64. The summed E-state index contributed by atoms with van der Waals surface area (Å²) in [6.45, 7) is 1.65. The number of rotatable bonds is 1. The van der Waals surface area contributed by atoms with Gasteiger partial charge in [0.05, 0.1) is 5.88 Å². The van der Waals surface area contributed by atoms with E-state index in [-0.39, 0.29) is 11.6 Å². The molecule has 0 atom stereocenters. The van der Waals surface area contributed by atoms with Crippen LogP contribution in [0.5, 0.6) is 5.75 Å². The molecule has 0 aromatic carbocycles. The van der Waals surface area contributed by atoms with Crippen molar-refractivity contribution in [1.82, 2.24) is 4.98 Å². The Bertz CT molecular complexity index is 319. The molecule has 1 aromatic rings. The molecular formula is C7H8ClNO2.